The third-order valence-corrected chi connectivity index (χ3v) is 4.23. The third kappa shape index (κ3) is 2.33. The van der Waals surface area contributed by atoms with Gasteiger partial charge in [0.1, 0.15) is 0 Å². The summed E-state index contributed by atoms with van der Waals surface area (Å²) in [5, 5.41) is 20.3. The van der Waals surface area contributed by atoms with Crippen molar-refractivity contribution in [1.29, 1.82) is 0 Å². The van der Waals surface area contributed by atoms with Crippen LogP contribution in [0.5, 0.6) is 0 Å². The van der Waals surface area contributed by atoms with Gasteiger partial charge >= 0.3 is 5.97 Å². The van der Waals surface area contributed by atoms with Gasteiger partial charge < -0.3 is 10.0 Å². The number of hydrogen-bond acceptors (Lipinski definition) is 4. The van der Waals surface area contributed by atoms with E-state index in [0.29, 0.717) is 25.9 Å². The molecule has 0 aromatic heterocycles. The second-order valence-corrected chi connectivity index (χ2v) is 5.34. The molecular weight excluding hydrogens is 260 g/mol. The normalized spacial score (nSPS) is 22.0. The van der Waals surface area contributed by atoms with Crippen LogP contribution in [-0.2, 0) is 4.79 Å². The molecule has 0 radical (unpaired) electrons. The second-order valence-electron chi connectivity index (χ2n) is 5.34. The van der Waals surface area contributed by atoms with E-state index in [0.717, 1.165) is 11.3 Å². The lowest BCUT2D eigenvalue weighted by atomic mass is 9.84. The molecule has 1 fully saturated rings. The molecule has 1 heterocycles. The molecule has 1 aromatic rings. The largest absolute Gasteiger partial charge is 0.481 e. The van der Waals surface area contributed by atoms with Crippen molar-refractivity contribution in [3.63, 3.8) is 0 Å². The van der Waals surface area contributed by atoms with Gasteiger partial charge in [0.05, 0.1) is 10.3 Å². The molecular formula is C14H18N2O4. The van der Waals surface area contributed by atoms with E-state index in [-0.39, 0.29) is 5.69 Å². The standard InChI is InChI=1S/C14H18N2O4/c1-3-14(13(17)18)6-7-15(9-14)12-8-11(16(19)20)5-4-10(12)2/h4-5,8H,3,6-7,9H2,1-2H3,(H,17,18). The van der Waals surface area contributed by atoms with Crippen LogP contribution in [-0.4, -0.2) is 29.1 Å². The maximum atomic E-state index is 11.5. The van der Waals surface area contributed by atoms with E-state index < -0.39 is 16.3 Å². The average molecular weight is 278 g/mol. The Hall–Kier alpha value is -2.11. The first kappa shape index (κ1) is 14.3. The Morgan fingerprint density at radius 2 is 2.25 bits per heavy atom. The van der Waals surface area contributed by atoms with Crippen molar-refractivity contribution in [1.82, 2.24) is 0 Å². The van der Waals surface area contributed by atoms with Crippen LogP contribution in [0.25, 0.3) is 0 Å². The van der Waals surface area contributed by atoms with Gasteiger partial charge in [-0.3, -0.25) is 14.9 Å². The maximum absolute atomic E-state index is 11.5. The van der Waals surface area contributed by atoms with Crippen molar-refractivity contribution < 1.29 is 14.8 Å². The third-order valence-electron chi connectivity index (χ3n) is 4.23. The van der Waals surface area contributed by atoms with E-state index in [1.54, 1.807) is 6.07 Å². The molecule has 1 N–H and O–H groups in total. The maximum Gasteiger partial charge on any atom is 0.311 e. The van der Waals surface area contributed by atoms with E-state index in [2.05, 4.69) is 0 Å². The highest BCUT2D eigenvalue weighted by Gasteiger charge is 2.43. The number of aliphatic carboxylic acids is 1. The summed E-state index contributed by atoms with van der Waals surface area (Å²) < 4.78 is 0. The molecule has 0 aliphatic carbocycles. The minimum Gasteiger partial charge on any atom is -0.481 e. The predicted octanol–water partition coefficient (Wildman–Crippen LogP) is 2.59. The Morgan fingerprint density at radius 1 is 1.55 bits per heavy atom. The highest BCUT2D eigenvalue weighted by molar-refractivity contribution is 5.77. The number of hydrogen-bond donors (Lipinski definition) is 1. The van der Waals surface area contributed by atoms with Crippen molar-refractivity contribution in [3.8, 4) is 0 Å². The molecule has 1 atom stereocenters. The van der Waals surface area contributed by atoms with Crippen LogP contribution in [0.2, 0.25) is 0 Å². The number of non-ortho nitro benzene ring substituents is 1. The quantitative estimate of drug-likeness (QED) is 0.676. The van der Waals surface area contributed by atoms with Crippen LogP contribution < -0.4 is 4.90 Å². The number of nitrogens with zero attached hydrogens (tertiary/aromatic N) is 2. The molecule has 1 unspecified atom stereocenters. The summed E-state index contributed by atoms with van der Waals surface area (Å²) in [4.78, 5) is 23.8. The molecule has 108 valence electrons. The first-order valence-electron chi connectivity index (χ1n) is 6.63. The van der Waals surface area contributed by atoms with Gasteiger partial charge in [-0.25, -0.2) is 0 Å². The zero-order chi connectivity index (χ0) is 14.9. The summed E-state index contributed by atoms with van der Waals surface area (Å²) in [5.74, 6) is -0.786. The molecule has 0 amide bonds. The van der Waals surface area contributed by atoms with Gasteiger partial charge in [-0.05, 0) is 25.3 Å². The lowest BCUT2D eigenvalue weighted by Crippen LogP contribution is -2.34. The van der Waals surface area contributed by atoms with Crippen LogP contribution in [0, 0.1) is 22.5 Å². The Labute approximate surface area is 117 Å². The highest BCUT2D eigenvalue weighted by atomic mass is 16.6. The Morgan fingerprint density at radius 3 is 2.75 bits per heavy atom. The number of nitro groups is 1. The molecule has 2 rings (SSSR count). The van der Waals surface area contributed by atoms with Crippen molar-refractivity contribution >= 4 is 17.3 Å². The van der Waals surface area contributed by atoms with Gasteiger partial charge in [-0.2, -0.15) is 0 Å². The summed E-state index contributed by atoms with van der Waals surface area (Å²) >= 11 is 0. The van der Waals surface area contributed by atoms with E-state index in [9.17, 15) is 20.0 Å². The van der Waals surface area contributed by atoms with Crippen LogP contribution in [0.4, 0.5) is 11.4 Å². The number of nitro benzene ring substituents is 1. The van der Waals surface area contributed by atoms with Crippen LogP contribution in [0.3, 0.4) is 0 Å². The van der Waals surface area contributed by atoms with Gasteiger partial charge in [0, 0.05) is 30.9 Å². The van der Waals surface area contributed by atoms with E-state index in [1.807, 2.05) is 18.7 Å². The molecule has 6 nitrogen and oxygen atoms in total. The molecule has 1 saturated heterocycles. The lowest BCUT2D eigenvalue weighted by Gasteiger charge is -2.25. The number of anilines is 1. The first-order chi connectivity index (χ1) is 9.39. The van der Waals surface area contributed by atoms with E-state index in [4.69, 9.17) is 0 Å². The van der Waals surface area contributed by atoms with Gasteiger partial charge in [0.2, 0.25) is 0 Å². The van der Waals surface area contributed by atoms with E-state index in [1.165, 1.54) is 12.1 Å². The topological polar surface area (TPSA) is 83.7 Å². The fraction of sp³-hybridized carbons (Fsp3) is 0.500. The molecule has 0 bridgehead atoms. The number of carbonyl (C=O) groups is 1. The molecule has 6 heteroatoms. The molecule has 0 saturated carbocycles. The van der Waals surface area contributed by atoms with Crippen LogP contribution in [0.1, 0.15) is 25.3 Å². The van der Waals surface area contributed by atoms with Crippen molar-refractivity contribution in [3.05, 3.63) is 33.9 Å². The van der Waals surface area contributed by atoms with Gasteiger partial charge in [0.15, 0.2) is 0 Å². The Kier molecular flexibility index (Phi) is 3.65. The summed E-state index contributed by atoms with van der Waals surface area (Å²) in [6.45, 7) is 4.77. The zero-order valence-corrected chi connectivity index (χ0v) is 11.6. The molecule has 0 spiro atoms. The van der Waals surface area contributed by atoms with Crippen LogP contribution in [0.15, 0.2) is 18.2 Å². The Balaban J connectivity index is 2.32. The fourth-order valence-corrected chi connectivity index (χ4v) is 2.74. The number of carboxylic acid groups (broad SMARTS) is 1. The summed E-state index contributed by atoms with van der Waals surface area (Å²) in [7, 11) is 0. The SMILES string of the molecule is CCC1(C(=O)O)CCN(c2cc([N+](=O)[O-])ccc2C)C1. The van der Waals surface area contributed by atoms with Crippen LogP contribution >= 0.6 is 0 Å². The number of benzene rings is 1. The van der Waals surface area contributed by atoms with Gasteiger partial charge in [-0.15, -0.1) is 0 Å². The van der Waals surface area contributed by atoms with Crippen molar-refractivity contribution in [2.24, 2.45) is 5.41 Å². The summed E-state index contributed by atoms with van der Waals surface area (Å²) in [6.07, 6.45) is 1.13. The molecule has 1 aromatic carbocycles. The Bertz CT molecular complexity index is 558. The average Bonchev–Trinajstić information content (AvgIpc) is 2.84. The first-order valence-corrected chi connectivity index (χ1v) is 6.63. The van der Waals surface area contributed by atoms with E-state index >= 15 is 0 Å². The minimum absolute atomic E-state index is 0.0370. The second kappa shape index (κ2) is 5.11. The minimum atomic E-state index is -0.786. The molecule has 1 aliphatic rings. The molecule has 1 aliphatic heterocycles. The fourth-order valence-electron chi connectivity index (χ4n) is 2.74. The van der Waals surface area contributed by atoms with Crippen molar-refractivity contribution in [2.75, 3.05) is 18.0 Å². The van der Waals surface area contributed by atoms with Gasteiger partial charge in [-0.1, -0.05) is 13.0 Å². The summed E-state index contributed by atoms with van der Waals surface area (Å²) in [6, 6.07) is 4.71. The summed E-state index contributed by atoms with van der Waals surface area (Å²) in [5.41, 5.74) is 0.982. The smallest absolute Gasteiger partial charge is 0.311 e. The zero-order valence-electron chi connectivity index (χ0n) is 11.6. The number of rotatable bonds is 4. The van der Waals surface area contributed by atoms with Gasteiger partial charge in [0.25, 0.3) is 5.69 Å². The van der Waals surface area contributed by atoms with Crippen molar-refractivity contribution in [2.45, 2.75) is 26.7 Å². The predicted molar refractivity (Wildman–Crippen MR) is 75.0 cm³/mol. The highest BCUT2D eigenvalue weighted by Crippen LogP contribution is 2.38. The number of carboxylic acids is 1. The number of aryl methyl sites for hydroxylation is 1. The molecule has 20 heavy (non-hydrogen) atoms. The lowest BCUT2D eigenvalue weighted by molar-refractivity contribution is -0.384. The monoisotopic (exact) mass is 278 g/mol.